The van der Waals surface area contributed by atoms with E-state index in [0.717, 1.165) is 25.2 Å². The maximum atomic E-state index is 13.0. The smallest absolute Gasteiger partial charge is 0.254 e. The van der Waals surface area contributed by atoms with Gasteiger partial charge in [-0.25, -0.2) is 8.78 Å². The minimum Gasteiger partial charge on any atom is -0.333 e. The minimum atomic E-state index is -0.987. The number of nitrogens with one attached hydrogen (secondary N) is 1. The molecule has 0 saturated carbocycles. The molecule has 1 N–H and O–H groups in total. The molecule has 1 aromatic rings. The summed E-state index contributed by atoms with van der Waals surface area (Å²) >= 11 is 0. The fourth-order valence-electron chi connectivity index (χ4n) is 1.86. The maximum Gasteiger partial charge on any atom is 0.254 e. The largest absolute Gasteiger partial charge is 0.333 e. The number of likely N-dealkylation sites (N-methyl/N-ethyl adjacent to an activating group) is 1. The molecule has 1 amide bonds. The van der Waals surface area contributed by atoms with Crippen LogP contribution in [-0.4, -0.2) is 36.5 Å². The van der Waals surface area contributed by atoms with E-state index in [9.17, 15) is 13.6 Å². The lowest BCUT2D eigenvalue weighted by molar-refractivity contribution is 0.0629. The predicted molar refractivity (Wildman–Crippen MR) is 59.7 cm³/mol. The van der Waals surface area contributed by atoms with Gasteiger partial charge in [-0.05, 0) is 25.1 Å². The summed E-state index contributed by atoms with van der Waals surface area (Å²) < 4.78 is 25.8. The van der Waals surface area contributed by atoms with Crippen LogP contribution in [0.25, 0.3) is 0 Å². The summed E-state index contributed by atoms with van der Waals surface area (Å²) in [6, 6.07) is 3.40. The molecule has 1 aromatic carbocycles. The molecule has 0 bridgehead atoms. The SMILES string of the molecule is CCN(C(=O)c1ccc(F)c(F)c1)C1CNC1. The molecule has 1 saturated heterocycles. The minimum absolute atomic E-state index is 0.153. The van der Waals surface area contributed by atoms with Crippen molar-refractivity contribution in [2.45, 2.75) is 13.0 Å². The van der Waals surface area contributed by atoms with Crippen LogP contribution in [0.1, 0.15) is 17.3 Å². The molecule has 0 spiro atoms. The molecule has 1 aliphatic heterocycles. The van der Waals surface area contributed by atoms with Crippen molar-refractivity contribution < 1.29 is 13.6 Å². The van der Waals surface area contributed by atoms with Gasteiger partial charge in [-0.1, -0.05) is 0 Å². The van der Waals surface area contributed by atoms with E-state index in [1.54, 1.807) is 4.90 Å². The van der Waals surface area contributed by atoms with Crippen molar-refractivity contribution in [3.05, 3.63) is 35.4 Å². The lowest BCUT2D eigenvalue weighted by Gasteiger charge is -2.37. The molecular formula is C12H14F2N2O. The van der Waals surface area contributed by atoms with Crippen LogP contribution in [0.4, 0.5) is 8.78 Å². The van der Waals surface area contributed by atoms with Gasteiger partial charge in [0.2, 0.25) is 0 Å². The van der Waals surface area contributed by atoms with Gasteiger partial charge < -0.3 is 10.2 Å². The third kappa shape index (κ3) is 2.29. The molecule has 0 aromatic heterocycles. The van der Waals surface area contributed by atoms with Gasteiger partial charge >= 0.3 is 0 Å². The van der Waals surface area contributed by atoms with E-state index in [2.05, 4.69) is 5.32 Å². The Bertz CT molecular complexity index is 433. The summed E-state index contributed by atoms with van der Waals surface area (Å²) in [5.74, 6) is -2.17. The standard InChI is InChI=1S/C12H14F2N2O/c1-2-16(9-6-15-7-9)12(17)8-3-4-10(13)11(14)5-8/h3-5,9,15H,2,6-7H2,1H3. The van der Waals surface area contributed by atoms with Crippen LogP contribution in [0.3, 0.4) is 0 Å². The monoisotopic (exact) mass is 240 g/mol. The van der Waals surface area contributed by atoms with E-state index in [1.807, 2.05) is 6.92 Å². The highest BCUT2D eigenvalue weighted by atomic mass is 19.2. The van der Waals surface area contributed by atoms with Crippen LogP contribution in [-0.2, 0) is 0 Å². The van der Waals surface area contributed by atoms with Crippen molar-refractivity contribution in [3.8, 4) is 0 Å². The predicted octanol–water partition coefficient (Wildman–Crippen LogP) is 1.40. The van der Waals surface area contributed by atoms with Crippen LogP contribution in [0.15, 0.2) is 18.2 Å². The Morgan fingerprint density at radius 3 is 2.59 bits per heavy atom. The lowest BCUT2D eigenvalue weighted by Crippen LogP contribution is -2.58. The normalized spacial score (nSPS) is 15.5. The van der Waals surface area contributed by atoms with Gasteiger partial charge in [0.1, 0.15) is 0 Å². The molecule has 0 unspecified atom stereocenters. The van der Waals surface area contributed by atoms with E-state index < -0.39 is 11.6 Å². The van der Waals surface area contributed by atoms with E-state index in [0.29, 0.717) is 6.54 Å². The van der Waals surface area contributed by atoms with Gasteiger partial charge in [0.25, 0.3) is 5.91 Å². The number of rotatable bonds is 3. The molecular weight excluding hydrogens is 226 g/mol. The van der Waals surface area contributed by atoms with Gasteiger partial charge in [0.05, 0.1) is 6.04 Å². The average molecular weight is 240 g/mol. The average Bonchev–Trinajstić information content (AvgIpc) is 2.26. The lowest BCUT2D eigenvalue weighted by atomic mass is 10.1. The molecule has 17 heavy (non-hydrogen) atoms. The topological polar surface area (TPSA) is 32.3 Å². The zero-order valence-electron chi connectivity index (χ0n) is 9.54. The number of nitrogens with zero attached hydrogens (tertiary/aromatic N) is 1. The summed E-state index contributed by atoms with van der Waals surface area (Å²) in [5.41, 5.74) is 0.192. The Labute approximate surface area is 98.4 Å². The van der Waals surface area contributed by atoms with Crippen molar-refractivity contribution in [1.29, 1.82) is 0 Å². The van der Waals surface area contributed by atoms with Gasteiger partial charge in [-0.15, -0.1) is 0 Å². The zero-order valence-corrected chi connectivity index (χ0v) is 9.54. The maximum absolute atomic E-state index is 13.0. The van der Waals surface area contributed by atoms with Crippen LogP contribution in [0.2, 0.25) is 0 Å². The second-order valence-electron chi connectivity index (χ2n) is 4.03. The van der Waals surface area contributed by atoms with Crippen molar-refractivity contribution in [2.75, 3.05) is 19.6 Å². The summed E-state index contributed by atoms with van der Waals surface area (Å²) in [5, 5.41) is 3.07. The van der Waals surface area contributed by atoms with Crippen LogP contribution in [0, 0.1) is 11.6 Å². The number of hydrogen-bond donors (Lipinski definition) is 1. The van der Waals surface area contributed by atoms with Crippen LogP contribution in [0.5, 0.6) is 0 Å². The Balaban J connectivity index is 2.19. The quantitative estimate of drug-likeness (QED) is 0.866. The van der Waals surface area contributed by atoms with E-state index >= 15 is 0 Å². The molecule has 1 fully saturated rings. The van der Waals surface area contributed by atoms with Gasteiger partial charge in [0, 0.05) is 25.2 Å². The van der Waals surface area contributed by atoms with Gasteiger partial charge in [0.15, 0.2) is 11.6 Å². The molecule has 0 radical (unpaired) electrons. The Morgan fingerprint density at radius 1 is 1.41 bits per heavy atom. The van der Waals surface area contributed by atoms with Crippen molar-refractivity contribution in [1.82, 2.24) is 10.2 Å². The van der Waals surface area contributed by atoms with Crippen molar-refractivity contribution in [2.24, 2.45) is 0 Å². The third-order valence-electron chi connectivity index (χ3n) is 2.97. The zero-order chi connectivity index (χ0) is 12.4. The summed E-state index contributed by atoms with van der Waals surface area (Å²) in [6.45, 7) is 3.94. The van der Waals surface area contributed by atoms with Crippen molar-refractivity contribution >= 4 is 5.91 Å². The first-order valence-corrected chi connectivity index (χ1v) is 5.60. The third-order valence-corrected chi connectivity index (χ3v) is 2.97. The van der Waals surface area contributed by atoms with Crippen LogP contribution >= 0.6 is 0 Å². The summed E-state index contributed by atoms with van der Waals surface area (Å²) in [7, 11) is 0. The van der Waals surface area contributed by atoms with E-state index in [-0.39, 0.29) is 17.5 Å². The Hall–Kier alpha value is -1.49. The van der Waals surface area contributed by atoms with Gasteiger partial charge in [-0.3, -0.25) is 4.79 Å². The fourth-order valence-corrected chi connectivity index (χ4v) is 1.86. The molecule has 3 nitrogen and oxygen atoms in total. The number of carbonyl (C=O) groups is 1. The molecule has 0 aliphatic carbocycles. The van der Waals surface area contributed by atoms with Gasteiger partial charge in [-0.2, -0.15) is 0 Å². The second kappa shape index (κ2) is 4.79. The van der Waals surface area contributed by atoms with Crippen LogP contribution < -0.4 is 5.32 Å². The number of halogens is 2. The molecule has 92 valence electrons. The first-order valence-electron chi connectivity index (χ1n) is 5.60. The Morgan fingerprint density at radius 2 is 2.12 bits per heavy atom. The number of carbonyl (C=O) groups excluding carboxylic acids is 1. The number of benzene rings is 1. The summed E-state index contributed by atoms with van der Waals surface area (Å²) in [4.78, 5) is 13.8. The molecule has 0 atom stereocenters. The Kier molecular flexibility index (Phi) is 3.38. The molecule has 1 aliphatic rings. The molecule has 2 rings (SSSR count). The fraction of sp³-hybridized carbons (Fsp3) is 0.417. The highest BCUT2D eigenvalue weighted by Crippen LogP contribution is 2.14. The first kappa shape index (κ1) is 12.0. The van der Waals surface area contributed by atoms with Crippen molar-refractivity contribution in [3.63, 3.8) is 0 Å². The second-order valence-corrected chi connectivity index (χ2v) is 4.03. The summed E-state index contributed by atoms with van der Waals surface area (Å²) in [6.07, 6.45) is 0. The van der Waals surface area contributed by atoms with E-state index in [4.69, 9.17) is 0 Å². The number of amides is 1. The highest BCUT2D eigenvalue weighted by Gasteiger charge is 2.28. The van der Waals surface area contributed by atoms with E-state index in [1.165, 1.54) is 6.07 Å². The molecule has 5 heteroatoms. The number of hydrogen-bond acceptors (Lipinski definition) is 2. The first-order chi connectivity index (χ1) is 8.13. The highest BCUT2D eigenvalue weighted by molar-refractivity contribution is 5.94. The molecule has 1 heterocycles.